The van der Waals surface area contributed by atoms with Gasteiger partial charge >= 0.3 is 23.9 Å². The van der Waals surface area contributed by atoms with Gasteiger partial charge in [-0.25, -0.2) is 19.2 Å². The molecule has 8 heteroatoms. The van der Waals surface area contributed by atoms with Crippen molar-refractivity contribution in [2.24, 2.45) is 11.8 Å². The van der Waals surface area contributed by atoms with Crippen molar-refractivity contribution in [2.45, 2.75) is 40.5 Å². The second kappa shape index (κ2) is 15.4. The van der Waals surface area contributed by atoms with E-state index in [1.54, 1.807) is 0 Å². The molecule has 0 saturated carbocycles. The Bertz CT molecular complexity index is 511. The Kier molecular flexibility index (Phi) is 14.0. The van der Waals surface area contributed by atoms with Crippen LogP contribution in [0.15, 0.2) is 24.3 Å². The lowest BCUT2D eigenvalue weighted by atomic mass is 10.1. The molecule has 0 saturated heterocycles. The van der Waals surface area contributed by atoms with E-state index in [2.05, 4.69) is 0 Å². The summed E-state index contributed by atoms with van der Waals surface area (Å²) >= 11 is 0. The fourth-order valence-corrected chi connectivity index (χ4v) is 1.54. The molecular weight excluding hydrogens is 368 g/mol. The van der Waals surface area contributed by atoms with E-state index in [0.29, 0.717) is 11.8 Å². The predicted molar refractivity (Wildman–Crippen MR) is 101 cm³/mol. The highest BCUT2D eigenvalue weighted by Gasteiger charge is 2.04. The van der Waals surface area contributed by atoms with Crippen molar-refractivity contribution >= 4 is 23.9 Å². The first-order valence-corrected chi connectivity index (χ1v) is 9.23. The summed E-state index contributed by atoms with van der Waals surface area (Å²) in [6, 6.07) is 0. The van der Waals surface area contributed by atoms with E-state index in [1.807, 2.05) is 27.7 Å². The predicted octanol–water partition coefficient (Wildman–Crippen LogP) is 2.36. The van der Waals surface area contributed by atoms with Crippen molar-refractivity contribution < 1.29 is 38.1 Å². The molecule has 28 heavy (non-hydrogen) atoms. The topological polar surface area (TPSA) is 105 Å². The van der Waals surface area contributed by atoms with Crippen LogP contribution in [0.3, 0.4) is 0 Å². The third kappa shape index (κ3) is 16.8. The van der Waals surface area contributed by atoms with Crippen LogP contribution in [-0.4, -0.2) is 50.3 Å². The monoisotopic (exact) mass is 398 g/mol. The van der Waals surface area contributed by atoms with Gasteiger partial charge in [0.2, 0.25) is 0 Å². The van der Waals surface area contributed by atoms with Crippen LogP contribution in [0.1, 0.15) is 40.5 Å². The number of esters is 4. The van der Waals surface area contributed by atoms with Crippen LogP contribution in [0.4, 0.5) is 0 Å². The first-order valence-electron chi connectivity index (χ1n) is 9.23. The second-order valence-corrected chi connectivity index (χ2v) is 6.70. The van der Waals surface area contributed by atoms with E-state index in [4.69, 9.17) is 18.9 Å². The van der Waals surface area contributed by atoms with Gasteiger partial charge in [-0.15, -0.1) is 0 Å². The van der Waals surface area contributed by atoms with Crippen LogP contribution < -0.4 is 0 Å². The van der Waals surface area contributed by atoms with Gasteiger partial charge in [0.15, 0.2) is 0 Å². The average Bonchev–Trinajstić information content (AvgIpc) is 2.61. The lowest BCUT2D eigenvalue weighted by Crippen LogP contribution is -2.12. The van der Waals surface area contributed by atoms with E-state index in [0.717, 1.165) is 37.1 Å². The summed E-state index contributed by atoms with van der Waals surface area (Å²) in [4.78, 5) is 45.5. The smallest absolute Gasteiger partial charge is 0.331 e. The van der Waals surface area contributed by atoms with Crippen molar-refractivity contribution in [3.8, 4) is 0 Å². The maximum Gasteiger partial charge on any atom is 0.331 e. The molecule has 0 bridgehead atoms. The van der Waals surface area contributed by atoms with Gasteiger partial charge < -0.3 is 18.9 Å². The van der Waals surface area contributed by atoms with Crippen molar-refractivity contribution in [3.63, 3.8) is 0 Å². The van der Waals surface area contributed by atoms with Crippen molar-refractivity contribution in [1.29, 1.82) is 0 Å². The van der Waals surface area contributed by atoms with Crippen molar-refractivity contribution in [3.05, 3.63) is 24.3 Å². The Labute approximate surface area is 165 Å². The molecule has 0 aliphatic rings. The molecule has 0 aliphatic heterocycles. The molecule has 0 N–H and O–H groups in total. The summed E-state index contributed by atoms with van der Waals surface area (Å²) in [7, 11) is 0. The van der Waals surface area contributed by atoms with Crippen LogP contribution in [-0.2, 0) is 38.1 Å². The van der Waals surface area contributed by atoms with Crippen LogP contribution >= 0.6 is 0 Å². The highest BCUT2D eigenvalue weighted by molar-refractivity contribution is 5.92. The Morgan fingerprint density at radius 2 is 0.786 bits per heavy atom. The van der Waals surface area contributed by atoms with Crippen molar-refractivity contribution in [2.75, 3.05) is 26.4 Å². The molecule has 8 nitrogen and oxygen atoms in total. The van der Waals surface area contributed by atoms with Crippen LogP contribution in [0.2, 0.25) is 0 Å². The van der Waals surface area contributed by atoms with E-state index in [-0.39, 0.29) is 26.4 Å². The zero-order valence-corrected chi connectivity index (χ0v) is 17.0. The molecule has 0 aromatic carbocycles. The van der Waals surface area contributed by atoms with Gasteiger partial charge in [-0.2, -0.15) is 0 Å². The Morgan fingerprint density at radius 1 is 0.536 bits per heavy atom. The molecule has 0 atom stereocenters. The summed E-state index contributed by atoms with van der Waals surface area (Å²) in [5, 5.41) is 0. The molecule has 0 amide bonds. The first kappa shape index (κ1) is 25.4. The number of hydrogen-bond donors (Lipinski definition) is 0. The van der Waals surface area contributed by atoms with Crippen molar-refractivity contribution in [1.82, 2.24) is 0 Å². The van der Waals surface area contributed by atoms with E-state index in [1.165, 1.54) is 0 Å². The molecule has 0 heterocycles. The molecule has 0 rings (SSSR count). The lowest BCUT2D eigenvalue weighted by Gasteiger charge is -2.05. The molecule has 0 radical (unpaired) electrons. The SMILES string of the molecule is CC(C)CCOC(=O)C=CC(=O)OCCOC(=O)C=CC(=O)OCCC(C)C. The number of ether oxygens (including phenoxy) is 4. The van der Waals surface area contributed by atoms with Gasteiger partial charge in [0, 0.05) is 24.3 Å². The number of carbonyl (C=O) groups excluding carboxylic acids is 4. The summed E-state index contributed by atoms with van der Waals surface area (Å²) in [5.41, 5.74) is 0. The number of rotatable bonds is 13. The minimum Gasteiger partial charge on any atom is -0.463 e. The standard InChI is InChI=1S/C20H30O8/c1-15(2)9-11-25-17(21)5-7-19(23)27-13-14-28-20(24)8-6-18(22)26-12-10-16(3)4/h5-8,15-16H,9-14H2,1-4H3. The average molecular weight is 398 g/mol. The van der Waals surface area contributed by atoms with Crippen LogP contribution in [0, 0.1) is 11.8 Å². The molecular formula is C20H30O8. The van der Waals surface area contributed by atoms with Gasteiger partial charge in [-0.1, -0.05) is 27.7 Å². The third-order valence-corrected chi connectivity index (χ3v) is 3.16. The van der Waals surface area contributed by atoms with E-state index in [9.17, 15) is 19.2 Å². The van der Waals surface area contributed by atoms with Crippen LogP contribution in [0.25, 0.3) is 0 Å². The molecule has 0 aromatic heterocycles. The Hall–Kier alpha value is -2.64. The van der Waals surface area contributed by atoms with Gasteiger partial charge in [0.05, 0.1) is 13.2 Å². The summed E-state index contributed by atoms with van der Waals surface area (Å²) < 4.78 is 19.3. The van der Waals surface area contributed by atoms with Gasteiger partial charge in [-0.3, -0.25) is 0 Å². The van der Waals surface area contributed by atoms with Crippen LogP contribution in [0.5, 0.6) is 0 Å². The quantitative estimate of drug-likeness (QED) is 0.201. The lowest BCUT2D eigenvalue weighted by molar-refractivity contribution is -0.146. The summed E-state index contributed by atoms with van der Waals surface area (Å²) in [5.74, 6) is -1.96. The number of carbonyl (C=O) groups is 4. The second-order valence-electron chi connectivity index (χ2n) is 6.70. The minimum absolute atomic E-state index is 0.190. The molecule has 0 aromatic rings. The van der Waals surface area contributed by atoms with E-state index >= 15 is 0 Å². The van der Waals surface area contributed by atoms with E-state index < -0.39 is 23.9 Å². The number of hydrogen-bond acceptors (Lipinski definition) is 8. The van der Waals surface area contributed by atoms with Gasteiger partial charge in [0.1, 0.15) is 13.2 Å². The third-order valence-electron chi connectivity index (χ3n) is 3.16. The first-order chi connectivity index (χ1) is 13.2. The molecule has 0 spiro atoms. The maximum atomic E-state index is 11.4. The zero-order chi connectivity index (χ0) is 21.4. The maximum absolute atomic E-state index is 11.4. The Balaban J connectivity index is 3.87. The summed E-state index contributed by atoms with van der Waals surface area (Å²) in [6.07, 6.45) is 5.29. The fraction of sp³-hybridized carbons (Fsp3) is 0.600. The fourth-order valence-electron chi connectivity index (χ4n) is 1.54. The molecule has 0 fully saturated rings. The van der Waals surface area contributed by atoms with Gasteiger partial charge in [0.25, 0.3) is 0 Å². The molecule has 158 valence electrons. The largest absolute Gasteiger partial charge is 0.463 e. The minimum atomic E-state index is -0.763. The Morgan fingerprint density at radius 3 is 1.04 bits per heavy atom. The highest BCUT2D eigenvalue weighted by Crippen LogP contribution is 2.00. The normalized spacial score (nSPS) is 11.2. The zero-order valence-electron chi connectivity index (χ0n) is 17.0. The highest BCUT2D eigenvalue weighted by atomic mass is 16.6. The van der Waals surface area contributed by atoms with Gasteiger partial charge in [-0.05, 0) is 24.7 Å². The summed E-state index contributed by atoms with van der Waals surface area (Å²) in [6.45, 7) is 8.20. The molecule has 0 unspecified atom stereocenters. The molecule has 0 aliphatic carbocycles.